The average Bonchev–Trinajstić information content (AvgIpc) is 3.41. The van der Waals surface area contributed by atoms with Crippen molar-refractivity contribution in [2.75, 3.05) is 48.3 Å². The highest BCUT2D eigenvalue weighted by Crippen LogP contribution is 2.58. The van der Waals surface area contributed by atoms with Crippen molar-refractivity contribution >= 4 is 39.7 Å². The van der Waals surface area contributed by atoms with Crippen LogP contribution < -0.4 is 20.3 Å². The van der Waals surface area contributed by atoms with Crippen molar-refractivity contribution in [1.29, 1.82) is 10.5 Å². The summed E-state index contributed by atoms with van der Waals surface area (Å²) in [5, 5.41) is 31.6. The fourth-order valence-electron chi connectivity index (χ4n) is 7.70. The maximum Gasteiger partial charge on any atom is 0.320 e. The molecule has 1 spiro atoms. The zero-order valence-corrected chi connectivity index (χ0v) is 26.3. The van der Waals surface area contributed by atoms with Crippen molar-refractivity contribution in [3.63, 3.8) is 0 Å². The summed E-state index contributed by atoms with van der Waals surface area (Å²) in [4.78, 5) is 17.2. The van der Waals surface area contributed by atoms with Gasteiger partial charge in [0.15, 0.2) is 11.6 Å². The van der Waals surface area contributed by atoms with E-state index in [0.29, 0.717) is 60.4 Å². The molecule has 0 amide bonds. The summed E-state index contributed by atoms with van der Waals surface area (Å²) >= 11 is 3.30. The molecule has 2 atom stereocenters. The molecule has 5 aliphatic rings. The molecule has 3 saturated heterocycles. The van der Waals surface area contributed by atoms with Crippen LogP contribution in [0.25, 0.3) is 0 Å². The molecule has 0 unspecified atom stereocenters. The summed E-state index contributed by atoms with van der Waals surface area (Å²) in [5.41, 5.74) is 8.54. The van der Waals surface area contributed by atoms with Gasteiger partial charge < -0.3 is 25.4 Å². The van der Waals surface area contributed by atoms with Crippen LogP contribution in [0.1, 0.15) is 59.2 Å². The Kier molecular flexibility index (Phi) is 6.79. The number of thioether (sulfide) groups is 1. The predicted octanol–water partition coefficient (Wildman–Crippen LogP) is 4.66. The van der Waals surface area contributed by atoms with E-state index in [4.69, 9.17) is 20.4 Å². The number of nitrogen functional groups attached to an aromatic ring is 1. The summed E-state index contributed by atoms with van der Waals surface area (Å²) in [5.74, 6) is 1.98. The first-order valence-corrected chi connectivity index (χ1v) is 17.2. The van der Waals surface area contributed by atoms with Gasteiger partial charge in [-0.3, -0.25) is 4.90 Å². The highest BCUT2D eigenvalue weighted by molar-refractivity contribution is 8.00. The first kappa shape index (κ1) is 28.7. The highest BCUT2D eigenvalue weighted by Gasteiger charge is 2.54. The molecule has 6 heterocycles. The summed E-state index contributed by atoms with van der Waals surface area (Å²) in [6.07, 6.45) is 3.33. The van der Waals surface area contributed by atoms with Crippen molar-refractivity contribution < 1.29 is 14.2 Å². The number of nitrogens with zero attached hydrogens (tertiary/aromatic N) is 7. The van der Waals surface area contributed by atoms with E-state index in [-0.39, 0.29) is 34.7 Å². The lowest BCUT2D eigenvalue weighted by Gasteiger charge is -2.48. The van der Waals surface area contributed by atoms with Crippen molar-refractivity contribution in [3.8, 4) is 23.9 Å². The van der Waals surface area contributed by atoms with Gasteiger partial charge in [0.25, 0.3) is 0 Å². The lowest BCUT2D eigenvalue weighted by Crippen LogP contribution is -2.57. The molecule has 232 valence electrons. The minimum absolute atomic E-state index is 0.168. The standard InChI is InChI=1S/C32H33FN8O2S2/c33-20-10-31(8-3-9-40(31)14-20)18-43-30-37-28(39-16-32(17-39)26-22(11-34)27(36)45-25(26)15-44-32)23(12-35)29(38-30)41(21-6-7-21)13-19-4-1-2-5-24(19)42/h1-2,4-5,20-21,42H,3,6-10,13-18,36H2/t20-,31+/m1/s1. The lowest BCUT2D eigenvalue weighted by molar-refractivity contribution is 0.107. The number of phenolic OH excluding ortho intramolecular Hbond substituents is 1. The van der Waals surface area contributed by atoms with Crippen molar-refractivity contribution in [3.05, 3.63) is 51.4 Å². The summed E-state index contributed by atoms with van der Waals surface area (Å²) in [7, 11) is 0. The highest BCUT2D eigenvalue weighted by atomic mass is 32.2. The Hall–Kier alpha value is -3.78. The number of thiophene rings is 1. The number of nitriles is 2. The minimum Gasteiger partial charge on any atom is -0.508 e. The van der Waals surface area contributed by atoms with Crippen LogP contribution in [0.2, 0.25) is 0 Å². The number of para-hydroxylation sites is 1. The van der Waals surface area contributed by atoms with Crippen molar-refractivity contribution in [2.45, 2.75) is 66.9 Å². The van der Waals surface area contributed by atoms with E-state index in [1.165, 1.54) is 11.3 Å². The second kappa shape index (κ2) is 10.6. The number of aromatic nitrogens is 2. The van der Waals surface area contributed by atoms with Gasteiger partial charge in [-0.05, 0) is 38.3 Å². The molecule has 1 aromatic carbocycles. The van der Waals surface area contributed by atoms with Crippen molar-refractivity contribution in [2.24, 2.45) is 0 Å². The second-order valence-electron chi connectivity index (χ2n) is 12.9. The number of nitrogens with two attached hydrogens (primary N) is 1. The SMILES string of the molecule is N#Cc1c(N2CC3(C2)SCc2sc(N)c(C#N)c23)nc(OC[C@@]23CCCN2C[C@H](F)C3)nc1N(Cc1ccccc1O)C1CC1. The van der Waals surface area contributed by atoms with Gasteiger partial charge in [0.2, 0.25) is 0 Å². The maximum atomic E-state index is 14.5. The Morgan fingerprint density at radius 2 is 1.98 bits per heavy atom. The summed E-state index contributed by atoms with van der Waals surface area (Å²) in [6.45, 7) is 3.10. The molecule has 45 heavy (non-hydrogen) atoms. The zero-order chi connectivity index (χ0) is 30.9. The van der Waals surface area contributed by atoms with Crippen LogP contribution >= 0.6 is 23.1 Å². The number of phenols is 1. The van der Waals surface area contributed by atoms with Crippen LogP contribution in [0, 0.1) is 22.7 Å². The van der Waals surface area contributed by atoms with Crippen LogP contribution in [0.3, 0.4) is 0 Å². The summed E-state index contributed by atoms with van der Waals surface area (Å²) in [6, 6.07) is 12.3. The number of aromatic hydroxyl groups is 1. The number of halogens is 1. The van der Waals surface area contributed by atoms with Gasteiger partial charge in [0.05, 0.1) is 15.8 Å². The largest absolute Gasteiger partial charge is 0.508 e. The van der Waals surface area contributed by atoms with Gasteiger partial charge in [-0.1, -0.05) is 18.2 Å². The molecule has 0 bridgehead atoms. The Morgan fingerprint density at radius 1 is 1.18 bits per heavy atom. The number of anilines is 3. The Balaban J connectivity index is 1.16. The van der Waals surface area contributed by atoms with E-state index < -0.39 is 6.17 Å². The first-order chi connectivity index (χ1) is 21.8. The smallest absolute Gasteiger partial charge is 0.320 e. The van der Waals surface area contributed by atoms with Gasteiger partial charge in [-0.2, -0.15) is 20.5 Å². The normalized spacial score (nSPS) is 24.6. The van der Waals surface area contributed by atoms with E-state index in [0.717, 1.165) is 54.0 Å². The molecule has 1 saturated carbocycles. The van der Waals surface area contributed by atoms with Crippen LogP contribution in [0.5, 0.6) is 11.8 Å². The fraction of sp³-hybridized carbons (Fsp3) is 0.500. The number of rotatable bonds is 8. The Morgan fingerprint density at radius 3 is 2.73 bits per heavy atom. The summed E-state index contributed by atoms with van der Waals surface area (Å²) < 4.78 is 20.6. The van der Waals surface area contributed by atoms with Gasteiger partial charge in [0.1, 0.15) is 41.2 Å². The monoisotopic (exact) mass is 644 g/mol. The quantitative estimate of drug-likeness (QED) is 0.354. The topological polar surface area (TPSA) is 139 Å². The van der Waals surface area contributed by atoms with Crippen LogP contribution in [-0.2, 0) is 17.0 Å². The lowest BCUT2D eigenvalue weighted by atomic mass is 9.88. The number of benzene rings is 1. The van der Waals surface area contributed by atoms with Gasteiger partial charge in [-0.15, -0.1) is 23.1 Å². The average molecular weight is 645 g/mol. The molecule has 13 heteroatoms. The number of alkyl halides is 1. The van der Waals surface area contributed by atoms with E-state index >= 15 is 0 Å². The van der Waals surface area contributed by atoms with Crippen molar-refractivity contribution in [1.82, 2.24) is 14.9 Å². The maximum absolute atomic E-state index is 14.5. The van der Waals surface area contributed by atoms with Gasteiger partial charge in [0, 0.05) is 60.4 Å². The molecule has 1 aliphatic carbocycles. The number of hydrogen-bond acceptors (Lipinski definition) is 12. The predicted molar refractivity (Wildman–Crippen MR) is 171 cm³/mol. The van der Waals surface area contributed by atoms with E-state index in [9.17, 15) is 20.0 Å². The molecule has 10 nitrogen and oxygen atoms in total. The molecule has 0 radical (unpaired) electrons. The molecular formula is C32H33FN8O2S2. The van der Waals surface area contributed by atoms with E-state index in [1.54, 1.807) is 12.1 Å². The van der Waals surface area contributed by atoms with Gasteiger partial charge >= 0.3 is 6.01 Å². The zero-order valence-electron chi connectivity index (χ0n) is 24.7. The number of hydrogen-bond donors (Lipinski definition) is 2. The van der Waals surface area contributed by atoms with E-state index in [1.807, 2.05) is 23.9 Å². The van der Waals surface area contributed by atoms with Crippen LogP contribution in [0.4, 0.5) is 21.0 Å². The third-order valence-electron chi connectivity index (χ3n) is 10.0. The number of ether oxygens (including phenoxy) is 1. The molecule has 8 rings (SSSR count). The molecular weight excluding hydrogens is 612 g/mol. The van der Waals surface area contributed by atoms with E-state index in [2.05, 4.69) is 26.8 Å². The van der Waals surface area contributed by atoms with Gasteiger partial charge in [-0.25, -0.2) is 4.39 Å². The first-order valence-electron chi connectivity index (χ1n) is 15.4. The molecule has 4 fully saturated rings. The molecule has 4 aliphatic heterocycles. The molecule has 2 aromatic heterocycles. The third-order valence-corrected chi connectivity index (χ3v) is 12.7. The number of fused-ring (bicyclic) bond motifs is 3. The second-order valence-corrected chi connectivity index (χ2v) is 15.4. The molecule has 3 N–H and O–H groups in total. The Bertz CT molecular complexity index is 1760. The minimum atomic E-state index is -0.874. The third kappa shape index (κ3) is 4.67. The fourth-order valence-corrected chi connectivity index (χ4v) is 10.5. The molecule has 3 aromatic rings. The Labute approximate surface area is 269 Å². The van der Waals surface area contributed by atoms with Crippen LogP contribution in [0.15, 0.2) is 24.3 Å². The van der Waals surface area contributed by atoms with Crippen LogP contribution in [-0.4, -0.2) is 70.5 Å².